The number of carbonyl (C=O) groups is 1. The normalized spacial score (nSPS) is 9.86. The summed E-state index contributed by atoms with van der Waals surface area (Å²) in [6.07, 6.45) is 1.44. The van der Waals surface area contributed by atoms with Crippen molar-refractivity contribution >= 4 is 5.91 Å². The zero-order chi connectivity index (χ0) is 15.2. The van der Waals surface area contributed by atoms with Gasteiger partial charge in [-0.25, -0.2) is 4.39 Å². The number of benzene rings is 1. The maximum Gasteiger partial charge on any atom is 0.255 e. The lowest BCUT2D eigenvalue weighted by Gasteiger charge is -2.06. The van der Waals surface area contributed by atoms with Crippen LogP contribution >= 0.6 is 0 Å². The van der Waals surface area contributed by atoms with Gasteiger partial charge in [0, 0.05) is 17.7 Å². The van der Waals surface area contributed by atoms with Gasteiger partial charge in [-0.2, -0.15) is 0 Å². The molecule has 1 aromatic carbocycles. The van der Waals surface area contributed by atoms with Gasteiger partial charge in [0.25, 0.3) is 5.91 Å². The molecule has 0 atom stereocenters. The second-order valence-electron chi connectivity index (χ2n) is 4.39. The van der Waals surface area contributed by atoms with E-state index in [4.69, 9.17) is 10.2 Å². The Morgan fingerprint density at radius 3 is 2.90 bits per heavy atom. The number of hydrogen-bond acceptors (Lipinski definition) is 3. The molecule has 0 aliphatic carbocycles. The average molecular weight is 286 g/mol. The van der Waals surface area contributed by atoms with Crippen LogP contribution in [0, 0.1) is 24.6 Å². The molecule has 1 aromatic heterocycles. The van der Waals surface area contributed by atoms with E-state index < -0.39 is 5.82 Å². The molecule has 108 valence electrons. The maximum atomic E-state index is 13.7. The molecule has 0 bridgehead atoms. The van der Waals surface area contributed by atoms with E-state index in [1.807, 2.05) is 0 Å². The van der Waals surface area contributed by atoms with Gasteiger partial charge in [-0.15, -0.1) is 0 Å². The molecule has 1 amide bonds. The highest BCUT2D eigenvalue weighted by Crippen LogP contribution is 2.12. The molecule has 0 saturated heterocycles. The highest BCUT2D eigenvalue weighted by Gasteiger charge is 2.12. The van der Waals surface area contributed by atoms with Gasteiger partial charge in [0.1, 0.15) is 11.6 Å². The van der Waals surface area contributed by atoms with Crippen LogP contribution in [0.4, 0.5) is 4.39 Å². The number of hydrogen-bond donors (Lipinski definition) is 2. The highest BCUT2D eigenvalue weighted by atomic mass is 19.1. The van der Waals surface area contributed by atoms with Crippen LogP contribution in [-0.2, 0) is 6.54 Å². The number of furan rings is 1. The van der Waals surface area contributed by atoms with Crippen molar-refractivity contribution in [2.24, 2.45) is 5.73 Å². The van der Waals surface area contributed by atoms with Crippen molar-refractivity contribution in [3.8, 4) is 11.8 Å². The number of halogens is 1. The Morgan fingerprint density at radius 2 is 2.24 bits per heavy atom. The Labute approximate surface area is 122 Å². The van der Waals surface area contributed by atoms with Crippen LogP contribution in [0.15, 0.2) is 34.9 Å². The van der Waals surface area contributed by atoms with E-state index in [-0.39, 0.29) is 19.0 Å². The fourth-order valence-corrected chi connectivity index (χ4v) is 1.83. The Balaban J connectivity index is 2.09. The molecule has 5 heteroatoms. The Kier molecular flexibility index (Phi) is 4.75. The number of carbonyl (C=O) groups excluding carboxylic acids is 1. The Hall–Kier alpha value is -2.58. The smallest absolute Gasteiger partial charge is 0.255 e. The third-order valence-electron chi connectivity index (χ3n) is 2.92. The largest absolute Gasteiger partial charge is 0.469 e. The SMILES string of the molecule is Cc1occc1C(=O)NCc1cc(C#CCN)ccc1F. The van der Waals surface area contributed by atoms with Gasteiger partial charge in [0.05, 0.1) is 18.4 Å². The van der Waals surface area contributed by atoms with Crippen molar-refractivity contribution in [1.82, 2.24) is 5.32 Å². The number of aryl methyl sites for hydroxylation is 1. The lowest BCUT2D eigenvalue weighted by molar-refractivity contribution is 0.0949. The zero-order valence-corrected chi connectivity index (χ0v) is 11.6. The molecular weight excluding hydrogens is 271 g/mol. The second-order valence-corrected chi connectivity index (χ2v) is 4.39. The Bertz CT molecular complexity index is 711. The monoisotopic (exact) mass is 286 g/mol. The van der Waals surface area contributed by atoms with Crippen molar-refractivity contribution in [2.75, 3.05) is 6.54 Å². The van der Waals surface area contributed by atoms with Gasteiger partial charge in [-0.1, -0.05) is 11.8 Å². The number of nitrogens with two attached hydrogens (primary N) is 1. The van der Waals surface area contributed by atoms with Gasteiger partial charge in [0.15, 0.2) is 0 Å². The summed E-state index contributed by atoms with van der Waals surface area (Å²) in [5, 5.41) is 2.65. The summed E-state index contributed by atoms with van der Waals surface area (Å²) in [7, 11) is 0. The summed E-state index contributed by atoms with van der Waals surface area (Å²) in [5.74, 6) is 5.35. The number of rotatable bonds is 3. The third kappa shape index (κ3) is 3.71. The average Bonchev–Trinajstić information content (AvgIpc) is 2.91. The van der Waals surface area contributed by atoms with Crippen molar-refractivity contribution in [1.29, 1.82) is 0 Å². The molecular formula is C16H15FN2O2. The first-order valence-corrected chi connectivity index (χ1v) is 6.41. The minimum Gasteiger partial charge on any atom is -0.469 e. The molecule has 0 aliphatic heterocycles. The molecule has 2 aromatic rings. The summed E-state index contributed by atoms with van der Waals surface area (Å²) in [6, 6.07) is 6.07. The van der Waals surface area contributed by atoms with Crippen LogP contribution in [-0.4, -0.2) is 12.5 Å². The van der Waals surface area contributed by atoms with Crippen LogP contribution < -0.4 is 11.1 Å². The summed E-state index contributed by atoms with van der Waals surface area (Å²) < 4.78 is 18.8. The minimum atomic E-state index is -0.391. The lowest BCUT2D eigenvalue weighted by atomic mass is 10.1. The molecule has 0 radical (unpaired) electrons. The number of nitrogens with one attached hydrogen (secondary N) is 1. The van der Waals surface area contributed by atoms with Crippen LogP contribution in [0.25, 0.3) is 0 Å². The zero-order valence-electron chi connectivity index (χ0n) is 11.6. The van der Waals surface area contributed by atoms with Gasteiger partial charge in [-0.05, 0) is 31.2 Å². The first kappa shape index (κ1) is 14.8. The molecule has 0 saturated carbocycles. The third-order valence-corrected chi connectivity index (χ3v) is 2.92. The minimum absolute atomic E-state index is 0.0768. The van der Waals surface area contributed by atoms with Gasteiger partial charge in [0.2, 0.25) is 0 Å². The van der Waals surface area contributed by atoms with Crippen LogP contribution in [0.5, 0.6) is 0 Å². The summed E-state index contributed by atoms with van der Waals surface area (Å²) >= 11 is 0. The van der Waals surface area contributed by atoms with Crippen molar-refractivity contribution in [2.45, 2.75) is 13.5 Å². The van der Waals surface area contributed by atoms with E-state index in [0.29, 0.717) is 22.5 Å². The van der Waals surface area contributed by atoms with E-state index in [2.05, 4.69) is 17.2 Å². The second kappa shape index (κ2) is 6.73. The van der Waals surface area contributed by atoms with E-state index >= 15 is 0 Å². The van der Waals surface area contributed by atoms with Crippen LogP contribution in [0.2, 0.25) is 0 Å². The molecule has 0 aliphatic rings. The molecule has 2 rings (SSSR count). The summed E-state index contributed by atoms with van der Waals surface area (Å²) in [4.78, 5) is 11.9. The van der Waals surface area contributed by atoms with Crippen molar-refractivity contribution in [3.63, 3.8) is 0 Å². The van der Waals surface area contributed by atoms with E-state index in [1.54, 1.807) is 25.1 Å². The molecule has 0 spiro atoms. The fraction of sp³-hybridized carbons (Fsp3) is 0.188. The molecule has 4 nitrogen and oxygen atoms in total. The predicted molar refractivity (Wildman–Crippen MR) is 76.9 cm³/mol. The van der Waals surface area contributed by atoms with Crippen LogP contribution in [0.3, 0.4) is 0 Å². The molecule has 3 N–H and O–H groups in total. The Morgan fingerprint density at radius 1 is 1.43 bits per heavy atom. The number of amides is 1. The van der Waals surface area contributed by atoms with Crippen molar-refractivity contribution in [3.05, 3.63) is 58.8 Å². The highest BCUT2D eigenvalue weighted by molar-refractivity contribution is 5.94. The first-order chi connectivity index (χ1) is 10.1. The topological polar surface area (TPSA) is 68.3 Å². The van der Waals surface area contributed by atoms with Gasteiger partial charge in [-0.3, -0.25) is 4.79 Å². The summed E-state index contributed by atoms with van der Waals surface area (Å²) in [6.45, 7) is 2.01. The quantitative estimate of drug-likeness (QED) is 0.848. The van der Waals surface area contributed by atoms with Gasteiger partial charge < -0.3 is 15.5 Å². The molecule has 21 heavy (non-hydrogen) atoms. The van der Waals surface area contributed by atoms with Crippen LogP contribution in [0.1, 0.15) is 27.2 Å². The van der Waals surface area contributed by atoms with E-state index in [9.17, 15) is 9.18 Å². The molecule has 0 unspecified atom stereocenters. The predicted octanol–water partition coefficient (Wildman–Crippen LogP) is 1.97. The molecule has 1 heterocycles. The van der Waals surface area contributed by atoms with Gasteiger partial charge >= 0.3 is 0 Å². The first-order valence-electron chi connectivity index (χ1n) is 6.41. The van der Waals surface area contributed by atoms with E-state index in [0.717, 1.165) is 0 Å². The fourth-order valence-electron chi connectivity index (χ4n) is 1.83. The lowest BCUT2D eigenvalue weighted by Crippen LogP contribution is -2.23. The maximum absolute atomic E-state index is 13.7. The summed E-state index contributed by atoms with van der Waals surface area (Å²) in [5.41, 5.74) is 6.76. The molecule has 0 fully saturated rings. The van der Waals surface area contributed by atoms with E-state index in [1.165, 1.54) is 12.3 Å². The van der Waals surface area contributed by atoms with Crippen molar-refractivity contribution < 1.29 is 13.6 Å². The standard InChI is InChI=1S/C16H15FN2O2/c1-11-14(6-8-21-11)16(20)19-10-13-9-12(3-2-7-18)4-5-15(13)17/h4-6,8-9H,7,10,18H2,1H3,(H,19,20).